The average molecular weight is 231 g/mol. The van der Waals surface area contributed by atoms with Gasteiger partial charge in [0.15, 0.2) is 0 Å². The number of hydrogen-bond acceptors (Lipinski definition) is 3. The van der Waals surface area contributed by atoms with E-state index in [1.807, 2.05) is 6.92 Å². The normalized spacial score (nSPS) is 10.5. The number of rotatable bonds is 5. The quantitative estimate of drug-likeness (QED) is 0.831. The van der Waals surface area contributed by atoms with E-state index >= 15 is 0 Å². The van der Waals surface area contributed by atoms with Crippen LogP contribution < -0.4 is 5.32 Å². The molecule has 0 amide bonds. The highest BCUT2D eigenvalue weighted by Crippen LogP contribution is 2.12. The topological polar surface area (TPSA) is 49.9 Å². The minimum Gasteiger partial charge on any atom is -0.380 e. The molecule has 2 aromatic rings. The fourth-order valence-electron chi connectivity index (χ4n) is 1.64. The van der Waals surface area contributed by atoms with Crippen molar-refractivity contribution in [1.29, 1.82) is 0 Å². The van der Waals surface area contributed by atoms with Crippen LogP contribution in [0.25, 0.3) is 0 Å². The molecule has 0 saturated carbocycles. The molecule has 0 aliphatic carbocycles. The van der Waals surface area contributed by atoms with E-state index in [1.54, 1.807) is 13.4 Å². The molecule has 0 aliphatic heterocycles. The molecule has 90 valence electrons. The highest BCUT2D eigenvalue weighted by atomic mass is 16.5. The van der Waals surface area contributed by atoms with Crippen LogP contribution >= 0.6 is 0 Å². The summed E-state index contributed by atoms with van der Waals surface area (Å²) in [4.78, 5) is 7.30. The van der Waals surface area contributed by atoms with Crippen molar-refractivity contribution in [1.82, 2.24) is 9.97 Å². The number of nitrogens with one attached hydrogen (secondary N) is 2. The Morgan fingerprint density at radius 2 is 2.06 bits per heavy atom. The van der Waals surface area contributed by atoms with Crippen molar-refractivity contribution >= 4 is 5.69 Å². The van der Waals surface area contributed by atoms with Gasteiger partial charge in [-0.3, -0.25) is 0 Å². The van der Waals surface area contributed by atoms with Gasteiger partial charge in [-0.2, -0.15) is 0 Å². The lowest BCUT2D eigenvalue weighted by atomic mass is 10.2. The molecular weight excluding hydrogens is 214 g/mol. The second-order valence-electron chi connectivity index (χ2n) is 3.96. The molecule has 1 aromatic carbocycles. The molecule has 0 atom stereocenters. The first kappa shape index (κ1) is 11.7. The number of H-pyrrole nitrogens is 1. The molecule has 4 nitrogen and oxygen atoms in total. The fourth-order valence-corrected chi connectivity index (χ4v) is 1.64. The standard InChI is InChI=1S/C13H17N3O/c1-10-13(16-9-15-10)7-14-12-5-3-11(4-6-12)8-17-2/h3-6,9,14H,7-8H2,1-2H3,(H,15,16). The Hall–Kier alpha value is -1.81. The van der Waals surface area contributed by atoms with Crippen LogP contribution in [-0.2, 0) is 17.9 Å². The molecule has 4 heteroatoms. The lowest BCUT2D eigenvalue weighted by Gasteiger charge is -2.06. The van der Waals surface area contributed by atoms with Crippen LogP contribution in [0.15, 0.2) is 30.6 Å². The van der Waals surface area contributed by atoms with Gasteiger partial charge >= 0.3 is 0 Å². The van der Waals surface area contributed by atoms with Crippen LogP contribution in [0.4, 0.5) is 5.69 Å². The van der Waals surface area contributed by atoms with Gasteiger partial charge in [0.2, 0.25) is 0 Å². The van der Waals surface area contributed by atoms with Crippen molar-refractivity contribution in [2.45, 2.75) is 20.1 Å². The third kappa shape index (κ3) is 3.07. The molecule has 0 radical (unpaired) electrons. The van der Waals surface area contributed by atoms with Crippen LogP contribution in [0.3, 0.4) is 0 Å². The van der Waals surface area contributed by atoms with Gasteiger partial charge in [-0.05, 0) is 24.6 Å². The number of aryl methyl sites for hydroxylation is 1. The maximum atomic E-state index is 5.07. The minimum atomic E-state index is 0.652. The zero-order valence-corrected chi connectivity index (χ0v) is 10.2. The monoisotopic (exact) mass is 231 g/mol. The van der Waals surface area contributed by atoms with Crippen LogP contribution in [-0.4, -0.2) is 17.1 Å². The summed E-state index contributed by atoms with van der Waals surface area (Å²) in [6, 6.07) is 8.22. The summed E-state index contributed by atoms with van der Waals surface area (Å²) in [5, 5.41) is 3.33. The van der Waals surface area contributed by atoms with Gasteiger partial charge in [-0.25, -0.2) is 4.98 Å². The Kier molecular flexibility index (Phi) is 3.77. The molecule has 0 bridgehead atoms. The van der Waals surface area contributed by atoms with E-state index in [9.17, 15) is 0 Å². The van der Waals surface area contributed by atoms with E-state index < -0.39 is 0 Å². The number of aromatic nitrogens is 2. The van der Waals surface area contributed by atoms with Crippen LogP contribution in [0.5, 0.6) is 0 Å². The van der Waals surface area contributed by atoms with Gasteiger partial charge in [-0.15, -0.1) is 0 Å². The number of nitrogens with zero attached hydrogens (tertiary/aromatic N) is 1. The van der Waals surface area contributed by atoms with E-state index in [4.69, 9.17) is 4.74 Å². The first-order valence-corrected chi connectivity index (χ1v) is 5.60. The Morgan fingerprint density at radius 3 is 2.65 bits per heavy atom. The minimum absolute atomic E-state index is 0.652. The number of methoxy groups -OCH3 is 1. The number of anilines is 1. The van der Waals surface area contributed by atoms with E-state index in [0.29, 0.717) is 6.61 Å². The van der Waals surface area contributed by atoms with Crippen LogP contribution in [0, 0.1) is 6.92 Å². The second-order valence-corrected chi connectivity index (χ2v) is 3.96. The number of ether oxygens (including phenoxy) is 1. The van der Waals surface area contributed by atoms with Crippen LogP contribution in [0.1, 0.15) is 17.0 Å². The first-order valence-electron chi connectivity index (χ1n) is 5.60. The van der Waals surface area contributed by atoms with Crippen molar-refractivity contribution in [3.8, 4) is 0 Å². The smallest absolute Gasteiger partial charge is 0.0925 e. The molecule has 0 aliphatic rings. The molecule has 1 aromatic heterocycles. The summed E-state index contributed by atoms with van der Waals surface area (Å²) in [5.74, 6) is 0. The lowest BCUT2D eigenvalue weighted by Crippen LogP contribution is -2.01. The highest BCUT2D eigenvalue weighted by Gasteiger charge is 2.00. The summed E-state index contributed by atoms with van der Waals surface area (Å²) in [6.45, 7) is 3.41. The van der Waals surface area contributed by atoms with Gasteiger partial charge < -0.3 is 15.0 Å². The highest BCUT2D eigenvalue weighted by molar-refractivity contribution is 5.44. The largest absolute Gasteiger partial charge is 0.380 e. The van der Waals surface area contributed by atoms with Gasteiger partial charge in [-0.1, -0.05) is 12.1 Å². The number of hydrogen-bond donors (Lipinski definition) is 2. The zero-order valence-electron chi connectivity index (χ0n) is 10.2. The van der Waals surface area contributed by atoms with Crippen molar-refractivity contribution in [2.75, 3.05) is 12.4 Å². The Bertz CT molecular complexity index is 462. The second kappa shape index (κ2) is 5.50. The number of aromatic amines is 1. The third-order valence-electron chi connectivity index (χ3n) is 2.66. The van der Waals surface area contributed by atoms with E-state index in [2.05, 4.69) is 39.6 Å². The van der Waals surface area contributed by atoms with Crippen molar-refractivity contribution in [3.05, 3.63) is 47.5 Å². The SMILES string of the molecule is COCc1ccc(NCc2nc[nH]c2C)cc1. The summed E-state index contributed by atoms with van der Waals surface area (Å²) >= 11 is 0. The van der Waals surface area contributed by atoms with Gasteiger partial charge in [0.25, 0.3) is 0 Å². The predicted molar refractivity (Wildman–Crippen MR) is 67.8 cm³/mol. The summed E-state index contributed by atoms with van der Waals surface area (Å²) in [5.41, 5.74) is 4.42. The number of benzene rings is 1. The van der Waals surface area contributed by atoms with Gasteiger partial charge in [0, 0.05) is 18.5 Å². The maximum absolute atomic E-state index is 5.07. The molecule has 2 N–H and O–H groups in total. The molecule has 2 rings (SSSR count). The van der Waals surface area contributed by atoms with E-state index in [-0.39, 0.29) is 0 Å². The van der Waals surface area contributed by atoms with Gasteiger partial charge in [0.05, 0.1) is 25.2 Å². The summed E-state index contributed by atoms with van der Waals surface area (Å²) in [7, 11) is 1.70. The van der Waals surface area contributed by atoms with E-state index in [1.165, 1.54) is 5.56 Å². The number of imidazole rings is 1. The molecule has 0 unspecified atom stereocenters. The molecular formula is C13H17N3O. The van der Waals surface area contributed by atoms with Crippen molar-refractivity contribution in [2.24, 2.45) is 0 Å². The molecule has 0 saturated heterocycles. The van der Waals surface area contributed by atoms with Gasteiger partial charge in [0.1, 0.15) is 0 Å². The predicted octanol–water partition coefficient (Wildman–Crippen LogP) is 2.48. The zero-order chi connectivity index (χ0) is 12.1. The molecule has 17 heavy (non-hydrogen) atoms. The Labute approximate surface area is 101 Å². The third-order valence-corrected chi connectivity index (χ3v) is 2.66. The fraction of sp³-hybridized carbons (Fsp3) is 0.308. The Morgan fingerprint density at radius 1 is 1.29 bits per heavy atom. The van der Waals surface area contributed by atoms with Crippen LogP contribution in [0.2, 0.25) is 0 Å². The molecule has 0 spiro atoms. The van der Waals surface area contributed by atoms with Crippen molar-refractivity contribution < 1.29 is 4.74 Å². The van der Waals surface area contributed by atoms with Crippen molar-refractivity contribution in [3.63, 3.8) is 0 Å². The lowest BCUT2D eigenvalue weighted by molar-refractivity contribution is 0.185. The summed E-state index contributed by atoms with van der Waals surface area (Å²) in [6.07, 6.45) is 1.72. The average Bonchev–Trinajstić information content (AvgIpc) is 2.75. The van der Waals surface area contributed by atoms with E-state index in [0.717, 1.165) is 23.6 Å². The first-order chi connectivity index (χ1) is 8.29. The molecule has 0 fully saturated rings. The molecule has 1 heterocycles. The maximum Gasteiger partial charge on any atom is 0.0925 e. The summed E-state index contributed by atoms with van der Waals surface area (Å²) < 4.78 is 5.07. The Balaban J connectivity index is 1.93.